The summed E-state index contributed by atoms with van der Waals surface area (Å²) >= 11 is 4.43. The number of aliphatic hydroxyl groups is 1. The van der Waals surface area contributed by atoms with E-state index in [0.717, 1.165) is 0 Å². The van der Waals surface area contributed by atoms with Crippen molar-refractivity contribution < 1.29 is 18.4 Å². The Morgan fingerprint density at radius 1 is 1.29 bits per heavy atom. The molecule has 0 spiro atoms. The fraction of sp³-hybridized carbons (Fsp3) is 0.688. The minimum Gasteiger partial charge on any atom is -0.598 e. The summed E-state index contributed by atoms with van der Waals surface area (Å²) in [4.78, 5) is 4.19. The molecule has 1 heterocycles. The molecule has 0 amide bonds. The van der Waals surface area contributed by atoms with Crippen LogP contribution in [-0.2, 0) is 11.4 Å². The van der Waals surface area contributed by atoms with Gasteiger partial charge in [0.2, 0.25) is 5.92 Å². The molecule has 0 saturated heterocycles. The number of rotatable bonds is 4. The number of nitrogens with one attached hydrogen (secondary N) is 1. The van der Waals surface area contributed by atoms with Crippen LogP contribution < -0.4 is 4.72 Å². The lowest BCUT2D eigenvalue weighted by atomic mass is 9.77. The van der Waals surface area contributed by atoms with E-state index in [-0.39, 0.29) is 18.0 Å². The van der Waals surface area contributed by atoms with Crippen LogP contribution in [0.4, 0.5) is 8.78 Å². The van der Waals surface area contributed by atoms with E-state index in [0.29, 0.717) is 5.69 Å². The second-order valence-corrected chi connectivity index (χ2v) is 9.66. The molecule has 2 N–H and O–H groups in total. The summed E-state index contributed by atoms with van der Waals surface area (Å²) in [6, 6.07) is 4.06. The monoisotopic (exact) mass is 380 g/mol. The van der Waals surface area contributed by atoms with Crippen molar-refractivity contribution in [2.75, 3.05) is 0 Å². The second kappa shape index (κ2) is 7.03. The van der Waals surface area contributed by atoms with Gasteiger partial charge in [-0.1, -0.05) is 17.7 Å². The van der Waals surface area contributed by atoms with Gasteiger partial charge in [0.25, 0.3) is 0 Å². The second-order valence-electron chi connectivity index (χ2n) is 7.28. The fourth-order valence-corrected chi connectivity index (χ4v) is 3.73. The number of nitrogens with zero attached hydrogens (tertiary/aromatic N) is 1. The first-order chi connectivity index (χ1) is 10.9. The lowest BCUT2D eigenvalue weighted by Gasteiger charge is -2.42. The zero-order valence-corrected chi connectivity index (χ0v) is 15.6. The van der Waals surface area contributed by atoms with Crippen LogP contribution in [0.2, 0.25) is 5.15 Å². The Labute approximate surface area is 149 Å². The highest BCUT2D eigenvalue weighted by Gasteiger charge is 2.49. The van der Waals surface area contributed by atoms with Crippen LogP contribution in [-0.4, -0.2) is 30.9 Å². The molecule has 1 aliphatic rings. The Bertz CT molecular complexity index is 573. The van der Waals surface area contributed by atoms with Gasteiger partial charge >= 0.3 is 0 Å². The van der Waals surface area contributed by atoms with E-state index in [1.54, 1.807) is 39.0 Å². The summed E-state index contributed by atoms with van der Waals surface area (Å²) in [7, 11) is 0. The molecule has 24 heavy (non-hydrogen) atoms. The van der Waals surface area contributed by atoms with Gasteiger partial charge in [-0.15, -0.1) is 4.72 Å². The maximum Gasteiger partial charge on any atom is 0.248 e. The number of hydrogen-bond acceptors (Lipinski definition) is 4. The van der Waals surface area contributed by atoms with Gasteiger partial charge in [0, 0.05) is 24.2 Å². The molecule has 0 aromatic carbocycles. The summed E-state index contributed by atoms with van der Waals surface area (Å²) in [5.74, 6) is -2.78. The van der Waals surface area contributed by atoms with Gasteiger partial charge in [-0.3, -0.25) is 0 Å². The zero-order valence-electron chi connectivity index (χ0n) is 14.0. The van der Waals surface area contributed by atoms with E-state index in [1.807, 2.05) is 0 Å². The van der Waals surface area contributed by atoms with Crippen LogP contribution in [0.15, 0.2) is 18.2 Å². The SMILES string of the molecule is CC(C)(C)[S+]([O-])N[C@@H](c1cccc(Cl)n1)C1(O)CCC(F)(F)CC1. The molecule has 1 aliphatic carbocycles. The van der Waals surface area contributed by atoms with Gasteiger partial charge in [0.1, 0.15) is 15.9 Å². The number of alkyl halides is 2. The molecule has 2 atom stereocenters. The Hall–Kier alpha value is -0.470. The molecule has 1 unspecified atom stereocenters. The molecule has 8 heteroatoms. The number of aromatic nitrogens is 1. The molecule has 1 aromatic heterocycles. The highest BCUT2D eigenvalue weighted by molar-refractivity contribution is 7.90. The first-order valence-electron chi connectivity index (χ1n) is 7.84. The number of halogens is 3. The highest BCUT2D eigenvalue weighted by Crippen LogP contribution is 2.44. The van der Waals surface area contributed by atoms with Crippen molar-refractivity contribution in [3.05, 3.63) is 29.0 Å². The predicted molar refractivity (Wildman–Crippen MR) is 91.4 cm³/mol. The first-order valence-corrected chi connectivity index (χ1v) is 9.36. The van der Waals surface area contributed by atoms with Gasteiger partial charge in [0.05, 0.1) is 11.3 Å². The van der Waals surface area contributed by atoms with Crippen molar-refractivity contribution >= 4 is 23.0 Å². The average molecular weight is 381 g/mol. The third-order valence-electron chi connectivity index (χ3n) is 4.20. The highest BCUT2D eigenvalue weighted by atomic mass is 35.5. The summed E-state index contributed by atoms with van der Waals surface area (Å²) in [5.41, 5.74) is -1.06. The molecule has 0 aliphatic heterocycles. The van der Waals surface area contributed by atoms with Crippen LogP contribution in [0, 0.1) is 0 Å². The fourth-order valence-electron chi connectivity index (χ4n) is 2.65. The lowest BCUT2D eigenvalue weighted by Crippen LogP contribution is -2.52. The Balaban J connectivity index is 2.32. The molecule has 4 nitrogen and oxygen atoms in total. The van der Waals surface area contributed by atoms with Crippen molar-refractivity contribution in [2.45, 2.75) is 68.8 Å². The third-order valence-corrected chi connectivity index (χ3v) is 5.97. The predicted octanol–water partition coefficient (Wildman–Crippen LogP) is 3.77. The van der Waals surface area contributed by atoms with Crippen LogP contribution in [0.1, 0.15) is 58.2 Å². The van der Waals surface area contributed by atoms with Crippen LogP contribution in [0.25, 0.3) is 0 Å². The molecule has 0 bridgehead atoms. The van der Waals surface area contributed by atoms with E-state index >= 15 is 0 Å². The van der Waals surface area contributed by atoms with Gasteiger partial charge < -0.3 is 9.66 Å². The minimum atomic E-state index is -2.78. The van der Waals surface area contributed by atoms with E-state index in [1.165, 1.54) is 0 Å². The van der Waals surface area contributed by atoms with Gasteiger partial charge in [-0.25, -0.2) is 13.8 Å². The molecule has 1 fully saturated rings. The van der Waals surface area contributed by atoms with Crippen molar-refractivity contribution in [3.63, 3.8) is 0 Å². The van der Waals surface area contributed by atoms with Crippen LogP contribution >= 0.6 is 11.6 Å². The quantitative estimate of drug-likeness (QED) is 0.616. The van der Waals surface area contributed by atoms with Gasteiger partial charge in [0.15, 0.2) is 0 Å². The Morgan fingerprint density at radius 3 is 2.38 bits per heavy atom. The normalized spacial score (nSPS) is 22.8. The molecule has 136 valence electrons. The topological polar surface area (TPSA) is 68.2 Å². The van der Waals surface area contributed by atoms with Crippen molar-refractivity contribution in [1.82, 2.24) is 9.71 Å². The van der Waals surface area contributed by atoms with Gasteiger partial charge in [-0.2, -0.15) is 0 Å². The standard InChI is InChI=1S/C16H23ClF2N2O2S/c1-14(2,3)24(23)21-13(11-5-4-6-12(17)20-11)15(22)7-9-16(18,19)10-8-15/h4-6,13,21-22H,7-10H2,1-3H3/t13-,24?/m0/s1. The summed E-state index contributed by atoms with van der Waals surface area (Å²) in [6.45, 7) is 5.37. The minimum absolute atomic E-state index is 0.104. The summed E-state index contributed by atoms with van der Waals surface area (Å²) < 4.78 is 41.8. The van der Waals surface area contributed by atoms with E-state index in [4.69, 9.17) is 11.6 Å². The van der Waals surface area contributed by atoms with Crippen molar-refractivity contribution in [2.24, 2.45) is 0 Å². The van der Waals surface area contributed by atoms with E-state index in [9.17, 15) is 18.4 Å². The molecule has 2 rings (SSSR count). The van der Waals surface area contributed by atoms with Gasteiger partial charge in [-0.05, 0) is 45.7 Å². The number of pyridine rings is 1. The maximum atomic E-state index is 13.5. The Morgan fingerprint density at radius 2 is 1.88 bits per heavy atom. The summed E-state index contributed by atoms with van der Waals surface area (Å²) in [6.07, 6.45) is -1.03. The van der Waals surface area contributed by atoms with Crippen molar-refractivity contribution in [3.8, 4) is 0 Å². The van der Waals surface area contributed by atoms with Crippen molar-refractivity contribution in [1.29, 1.82) is 0 Å². The zero-order chi connectivity index (χ0) is 18.2. The van der Waals surface area contributed by atoms with E-state index in [2.05, 4.69) is 9.71 Å². The molecular weight excluding hydrogens is 358 g/mol. The average Bonchev–Trinajstić information content (AvgIpc) is 2.47. The molecule has 1 saturated carbocycles. The van der Waals surface area contributed by atoms with E-state index < -0.39 is 46.5 Å². The molecule has 0 radical (unpaired) electrons. The smallest absolute Gasteiger partial charge is 0.248 e. The van der Waals surface area contributed by atoms with Crippen LogP contribution in [0.3, 0.4) is 0 Å². The third kappa shape index (κ3) is 4.79. The molecular formula is C16H23ClF2N2O2S. The van der Waals surface area contributed by atoms with Crippen LogP contribution in [0.5, 0.6) is 0 Å². The lowest BCUT2D eigenvalue weighted by molar-refractivity contribution is -0.115. The maximum absolute atomic E-state index is 13.5. The number of hydrogen-bond donors (Lipinski definition) is 2. The molecule has 1 aromatic rings. The largest absolute Gasteiger partial charge is 0.598 e. The first kappa shape index (κ1) is 19.8. The Kier molecular flexibility index (Phi) is 5.82. The summed E-state index contributed by atoms with van der Waals surface area (Å²) in [5, 5.41) is 11.2.